The zero-order valence-electron chi connectivity index (χ0n) is 21.6. The van der Waals surface area contributed by atoms with Crippen LogP contribution in [0.4, 0.5) is 11.6 Å². The third kappa shape index (κ3) is 4.31. The van der Waals surface area contributed by atoms with Gasteiger partial charge in [-0.3, -0.25) is 9.36 Å². The highest BCUT2D eigenvalue weighted by molar-refractivity contribution is 7.80. The number of hydrogen-bond acceptors (Lipinski definition) is 9. The Bertz CT molecular complexity index is 1940. The van der Waals surface area contributed by atoms with Crippen molar-refractivity contribution in [3.63, 3.8) is 0 Å². The van der Waals surface area contributed by atoms with Gasteiger partial charge in [0, 0.05) is 36.3 Å². The van der Waals surface area contributed by atoms with Crippen molar-refractivity contribution in [2.24, 2.45) is 0 Å². The Kier molecular flexibility index (Phi) is 6.37. The number of thiol groups is 1. The van der Waals surface area contributed by atoms with Crippen molar-refractivity contribution in [1.29, 1.82) is 0 Å². The lowest BCUT2D eigenvalue weighted by Crippen LogP contribution is -2.49. The molecule has 0 bridgehead atoms. The number of halogens is 1. The summed E-state index contributed by atoms with van der Waals surface area (Å²) in [5, 5.41) is 5.46. The first-order chi connectivity index (χ1) is 20.0. The van der Waals surface area contributed by atoms with Crippen LogP contribution in [0.15, 0.2) is 78.2 Å². The van der Waals surface area contributed by atoms with Gasteiger partial charge < -0.3 is 20.4 Å². The third-order valence-electron chi connectivity index (χ3n) is 7.29. The van der Waals surface area contributed by atoms with Crippen LogP contribution in [-0.4, -0.2) is 59.9 Å². The number of anilines is 2. The predicted molar refractivity (Wildman–Crippen MR) is 161 cm³/mol. The van der Waals surface area contributed by atoms with Crippen LogP contribution in [0.3, 0.4) is 0 Å². The second-order valence-electron chi connectivity index (χ2n) is 9.67. The summed E-state index contributed by atoms with van der Waals surface area (Å²) < 4.78 is 9.04. The molecule has 206 valence electrons. The van der Waals surface area contributed by atoms with Crippen LogP contribution in [0.2, 0.25) is 5.02 Å². The average molecular weight is 586 g/mol. The van der Waals surface area contributed by atoms with Gasteiger partial charge in [-0.2, -0.15) is 17.7 Å². The van der Waals surface area contributed by atoms with E-state index in [-0.39, 0.29) is 11.6 Å². The molecule has 11 nitrogen and oxygen atoms in total. The first kappa shape index (κ1) is 25.6. The maximum atomic E-state index is 13.8. The number of rotatable bonds is 5. The Hall–Kier alpha value is -4.39. The van der Waals surface area contributed by atoms with E-state index in [0.29, 0.717) is 59.1 Å². The number of aromatic nitrogens is 7. The third-order valence-corrected chi connectivity index (χ3v) is 8.17. The van der Waals surface area contributed by atoms with Gasteiger partial charge >= 0.3 is 0 Å². The molecule has 7 rings (SSSR count). The number of nitrogen functional groups attached to an aromatic ring is 1. The van der Waals surface area contributed by atoms with Crippen molar-refractivity contribution >= 4 is 52.4 Å². The van der Waals surface area contributed by atoms with Crippen LogP contribution in [0.5, 0.6) is 0 Å². The lowest BCUT2D eigenvalue weighted by atomic mass is 10.1. The Morgan fingerprint density at radius 1 is 1.12 bits per heavy atom. The minimum absolute atomic E-state index is 0.285. The van der Waals surface area contributed by atoms with E-state index in [1.54, 1.807) is 29.1 Å². The lowest BCUT2D eigenvalue weighted by Gasteiger charge is -2.39. The zero-order chi connectivity index (χ0) is 28.1. The van der Waals surface area contributed by atoms with Crippen molar-refractivity contribution in [3.8, 4) is 16.8 Å². The zero-order valence-corrected chi connectivity index (χ0v) is 23.2. The summed E-state index contributed by atoms with van der Waals surface area (Å²) in [5.74, 6) is 1.61. The number of nitrogens with zero attached hydrogens (tertiary/aromatic N) is 7. The molecule has 2 atom stereocenters. The van der Waals surface area contributed by atoms with E-state index < -0.39 is 5.25 Å². The number of hydrogen-bond donors (Lipinski definition) is 3. The standard InChI is InChI=1S/C28H24ClN9O2S/c29-19-8-9-37-23(19)28(39)38(17-4-2-1-3-5-17)27(35-37)24(41)20-14-40-11-10-36(20)26-22-18(13-32-25(22)33-15-34-26)16-6-7-21(30)31-12-16/h1-9,12-13,15,20,24,41H,10-11,14H2,(H2,30,31)(H,32,33,34)/t20-,24?/m0/s1. The van der Waals surface area contributed by atoms with E-state index in [1.165, 1.54) is 10.8 Å². The molecular formula is C28H24ClN9O2S. The number of pyridine rings is 1. The van der Waals surface area contributed by atoms with Crippen molar-refractivity contribution in [1.82, 2.24) is 34.1 Å². The smallest absolute Gasteiger partial charge is 0.284 e. The van der Waals surface area contributed by atoms with Crippen molar-refractivity contribution < 1.29 is 4.74 Å². The first-order valence-electron chi connectivity index (χ1n) is 12.9. The Morgan fingerprint density at radius 2 is 1.98 bits per heavy atom. The number of aromatic amines is 1. The van der Waals surface area contributed by atoms with Crippen LogP contribution in [0, 0.1) is 0 Å². The number of nitrogens with one attached hydrogen (secondary N) is 1. The van der Waals surface area contributed by atoms with Gasteiger partial charge in [0.25, 0.3) is 5.56 Å². The highest BCUT2D eigenvalue weighted by atomic mass is 35.5. The first-order valence-corrected chi connectivity index (χ1v) is 13.8. The molecule has 1 aromatic carbocycles. The second kappa shape index (κ2) is 10.2. The average Bonchev–Trinajstić information content (AvgIpc) is 3.61. The molecule has 6 heterocycles. The number of fused-ring (bicyclic) bond motifs is 2. The van der Waals surface area contributed by atoms with Crippen LogP contribution in [0.25, 0.3) is 33.4 Å². The van der Waals surface area contributed by atoms with Gasteiger partial charge in [-0.1, -0.05) is 29.8 Å². The molecule has 1 aliphatic rings. The molecule has 1 aliphatic heterocycles. The van der Waals surface area contributed by atoms with Crippen molar-refractivity contribution in [2.45, 2.75) is 11.3 Å². The SMILES string of the molecule is Nc1ccc(-c2c[nH]c3ncnc(N4CCOC[C@H]4C(S)c4nn5ccc(Cl)c5c(=O)n4-c4ccccc4)c23)cn1. The lowest BCUT2D eigenvalue weighted by molar-refractivity contribution is 0.0922. The summed E-state index contributed by atoms with van der Waals surface area (Å²) in [6.45, 7) is 1.39. The van der Waals surface area contributed by atoms with Gasteiger partial charge in [0.1, 0.15) is 29.1 Å². The number of benzene rings is 1. The van der Waals surface area contributed by atoms with E-state index in [1.807, 2.05) is 42.6 Å². The summed E-state index contributed by atoms with van der Waals surface area (Å²) in [7, 11) is 0. The van der Waals surface area contributed by atoms with Crippen molar-refractivity contribution in [3.05, 3.63) is 94.6 Å². The summed E-state index contributed by atoms with van der Waals surface area (Å²) in [4.78, 5) is 32.7. The van der Waals surface area contributed by atoms with Gasteiger partial charge in [-0.15, -0.1) is 0 Å². The quantitative estimate of drug-likeness (QED) is 0.259. The molecule has 0 radical (unpaired) electrons. The Labute approximate surface area is 244 Å². The fourth-order valence-electron chi connectivity index (χ4n) is 5.34. The maximum Gasteiger partial charge on any atom is 0.284 e. The molecule has 1 unspecified atom stereocenters. The number of H-pyrrole nitrogens is 1. The van der Waals surface area contributed by atoms with Crippen LogP contribution in [0.1, 0.15) is 11.1 Å². The Balaban J connectivity index is 1.38. The molecule has 41 heavy (non-hydrogen) atoms. The maximum absolute atomic E-state index is 13.8. The normalized spacial score (nSPS) is 16.4. The topological polar surface area (TPSA) is 132 Å². The molecule has 0 spiro atoms. The molecule has 6 aromatic rings. The summed E-state index contributed by atoms with van der Waals surface area (Å²) in [5.41, 5.74) is 8.96. The minimum Gasteiger partial charge on any atom is -0.384 e. The largest absolute Gasteiger partial charge is 0.384 e. The Morgan fingerprint density at radius 3 is 2.78 bits per heavy atom. The molecule has 1 saturated heterocycles. The molecule has 0 amide bonds. The monoisotopic (exact) mass is 585 g/mol. The van der Waals surface area contributed by atoms with E-state index in [9.17, 15) is 4.79 Å². The predicted octanol–water partition coefficient (Wildman–Crippen LogP) is 3.93. The van der Waals surface area contributed by atoms with Crippen LogP contribution in [-0.2, 0) is 4.74 Å². The number of nitrogens with two attached hydrogens (primary N) is 1. The molecule has 5 aromatic heterocycles. The highest BCUT2D eigenvalue weighted by Gasteiger charge is 2.35. The van der Waals surface area contributed by atoms with Gasteiger partial charge in [0.2, 0.25) is 0 Å². The molecule has 13 heteroatoms. The molecule has 1 fully saturated rings. The molecule has 0 aliphatic carbocycles. The summed E-state index contributed by atoms with van der Waals surface area (Å²) in [6, 6.07) is 14.4. The van der Waals surface area contributed by atoms with Crippen molar-refractivity contribution in [2.75, 3.05) is 30.4 Å². The number of ether oxygens (including phenoxy) is 1. The minimum atomic E-state index is -0.556. The van der Waals surface area contributed by atoms with E-state index in [0.717, 1.165) is 16.5 Å². The number of morpholine rings is 1. The van der Waals surface area contributed by atoms with Gasteiger partial charge in [0.05, 0.1) is 40.6 Å². The van der Waals surface area contributed by atoms with E-state index >= 15 is 0 Å². The molecule has 3 N–H and O–H groups in total. The molecular weight excluding hydrogens is 562 g/mol. The second-order valence-corrected chi connectivity index (χ2v) is 10.6. The fraction of sp³-hybridized carbons (Fsp3) is 0.179. The molecule has 0 saturated carbocycles. The number of para-hydroxylation sites is 1. The van der Waals surface area contributed by atoms with E-state index in [4.69, 9.17) is 44.8 Å². The highest BCUT2D eigenvalue weighted by Crippen LogP contribution is 2.38. The van der Waals surface area contributed by atoms with Gasteiger partial charge in [-0.05, 0) is 30.3 Å². The fourth-order valence-corrected chi connectivity index (χ4v) is 5.98. The summed E-state index contributed by atoms with van der Waals surface area (Å²) >= 11 is 11.5. The van der Waals surface area contributed by atoms with Gasteiger partial charge in [-0.25, -0.2) is 19.5 Å². The summed E-state index contributed by atoms with van der Waals surface area (Å²) in [6.07, 6.45) is 6.83. The van der Waals surface area contributed by atoms with Gasteiger partial charge in [0.15, 0.2) is 5.82 Å². The van der Waals surface area contributed by atoms with E-state index in [2.05, 4.69) is 19.9 Å². The van der Waals surface area contributed by atoms with Crippen LogP contribution >= 0.6 is 24.2 Å². The van der Waals surface area contributed by atoms with Crippen LogP contribution < -0.4 is 16.2 Å².